The summed E-state index contributed by atoms with van der Waals surface area (Å²) in [7, 11) is 0. The predicted octanol–water partition coefficient (Wildman–Crippen LogP) is 3.44. The van der Waals surface area contributed by atoms with Crippen molar-refractivity contribution in [3.63, 3.8) is 0 Å². The first-order valence-electron chi connectivity index (χ1n) is 7.82. The first-order valence-corrected chi connectivity index (χ1v) is 8.57. The van der Waals surface area contributed by atoms with Gasteiger partial charge in [-0.25, -0.2) is 9.37 Å². The smallest absolute Gasteiger partial charge is 0.255 e. The van der Waals surface area contributed by atoms with Crippen LogP contribution in [-0.2, 0) is 13.1 Å². The highest BCUT2D eigenvalue weighted by Crippen LogP contribution is 2.28. The molecule has 4 rings (SSSR count). The van der Waals surface area contributed by atoms with E-state index in [2.05, 4.69) is 15.2 Å². The minimum atomic E-state index is -0.415. The number of nitrogens with zero attached hydrogens (tertiary/aromatic N) is 5. The van der Waals surface area contributed by atoms with Gasteiger partial charge in [0.05, 0.1) is 28.4 Å². The van der Waals surface area contributed by atoms with Crippen molar-refractivity contribution in [1.29, 1.82) is 0 Å². The molecule has 1 aliphatic rings. The molecule has 1 aliphatic heterocycles. The van der Waals surface area contributed by atoms with Gasteiger partial charge in [0, 0.05) is 13.1 Å². The summed E-state index contributed by atoms with van der Waals surface area (Å²) in [6.07, 6.45) is 1.14. The maximum Gasteiger partial charge on any atom is 0.255 e. The van der Waals surface area contributed by atoms with Crippen molar-refractivity contribution in [2.45, 2.75) is 13.1 Å². The number of pyridine rings is 1. The van der Waals surface area contributed by atoms with Gasteiger partial charge in [0.1, 0.15) is 11.5 Å². The number of aromatic nitrogens is 4. The lowest BCUT2D eigenvalue weighted by atomic mass is 10.2. The van der Waals surface area contributed by atoms with E-state index in [1.54, 1.807) is 29.2 Å². The minimum Gasteiger partial charge on any atom is -0.329 e. The largest absolute Gasteiger partial charge is 0.329 e. The summed E-state index contributed by atoms with van der Waals surface area (Å²) < 4.78 is 14.9. The first kappa shape index (κ1) is 16.9. The Hall–Kier alpha value is -2.51. The summed E-state index contributed by atoms with van der Waals surface area (Å²) in [6, 6.07) is 7.84. The number of benzene rings is 1. The summed E-state index contributed by atoms with van der Waals surface area (Å²) in [6.45, 7) is 1.25. The van der Waals surface area contributed by atoms with Crippen LogP contribution in [0.2, 0.25) is 10.0 Å². The molecule has 0 spiro atoms. The third kappa shape index (κ3) is 2.93. The fourth-order valence-electron chi connectivity index (χ4n) is 2.87. The molecule has 26 heavy (non-hydrogen) atoms. The van der Waals surface area contributed by atoms with E-state index in [0.29, 0.717) is 41.0 Å². The van der Waals surface area contributed by atoms with Crippen molar-refractivity contribution in [3.05, 3.63) is 63.8 Å². The Labute approximate surface area is 158 Å². The fraction of sp³-hybridized carbons (Fsp3) is 0.176. The van der Waals surface area contributed by atoms with E-state index in [9.17, 15) is 9.18 Å². The van der Waals surface area contributed by atoms with E-state index >= 15 is 0 Å². The number of carbonyl (C=O) groups is 1. The molecule has 0 aliphatic carbocycles. The van der Waals surface area contributed by atoms with Crippen LogP contribution in [0, 0.1) is 5.82 Å². The lowest BCUT2D eigenvalue weighted by Crippen LogP contribution is -2.38. The minimum absolute atomic E-state index is 0.215. The summed E-state index contributed by atoms with van der Waals surface area (Å²) in [5.41, 5.74) is 0.885. The molecule has 0 saturated heterocycles. The van der Waals surface area contributed by atoms with Crippen LogP contribution < -0.4 is 0 Å². The van der Waals surface area contributed by atoms with Gasteiger partial charge in [-0.05, 0) is 24.3 Å². The van der Waals surface area contributed by atoms with E-state index in [-0.39, 0.29) is 17.5 Å². The Morgan fingerprint density at radius 3 is 2.73 bits per heavy atom. The summed E-state index contributed by atoms with van der Waals surface area (Å²) in [4.78, 5) is 18.5. The number of hydrogen-bond donors (Lipinski definition) is 0. The Morgan fingerprint density at radius 1 is 1.12 bits per heavy atom. The molecule has 0 radical (unpaired) electrons. The van der Waals surface area contributed by atoms with Crippen LogP contribution in [0.1, 0.15) is 16.2 Å². The SMILES string of the molecule is O=C(c1cccc(Cl)c1Cl)N1CCn2c(nnc2-c2ccc(F)cn2)C1. The number of amides is 1. The molecule has 0 N–H and O–H groups in total. The van der Waals surface area contributed by atoms with Crippen molar-refractivity contribution in [1.82, 2.24) is 24.6 Å². The summed E-state index contributed by atoms with van der Waals surface area (Å²) >= 11 is 12.2. The average molecular weight is 392 g/mol. The van der Waals surface area contributed by atoms with Crippen LogP contribution >= 0.6 is 23.2 Å². The van der Waals surface area contributed by atoms with Gasteiger partial charge in [-0.1, -0.05) is 29.3 Å². The van der Waals surface area contributed by atoms with Crippen LogP contribution in [0.15, 0.2) is 36.5 Å². The van der Waals surface area contributed by atoms with Crippen molar-refractivity contribution in [3.8, 4) is 11.5 Å². The monoisotopic (exact) mass is 391 g/mol. The van der Waals surface area contributed by atoms with Gasteiger partial charge in [-0.2, -0.15) is 0 Å². The molecule has 3 heterocycles. The standard InChI is InChI=1S/C17H12Cl2FN5O/c18-12-3-1-2-11(15(12)19)17(26)24-6-7-25-14(9-24)22-23-16(25)13-5-4-10(20)8-21-13/h1-5,8H,6-7,9H2. The Morgan fingerprint density at radius 2 is 1.96 bits per heavy atom. The number of hydrogen-bond acceptors (Lipinski definition) is 4. The molecule has 1 aromatic carbocycles. The Bertz CT molecular complexity index is 989. The van der Waals surface area contributed by atoms with Crippen LogP contribution in [-0.4, -0.2) is 37.1 Å². The van der Waals surface area contributed by atoms with Crippen LogP contribution in [0.5, 0.6) is 0 Å². The zero-order valence-corrected chi connectivity index (χ0v) is 14.9. The molecule has 2 aromatic heterocycles. The molecule has 3 aromatic rings. The molecule has 9 heteroatoms. The fourth-order valence-corrected chi connectivity index (χ4v) is 3.25. The zero-order chi connectivity index (χ0) is 18.3. The topological polar surface area (TPSA) is 63.9 Å². The van der Waals surface area contributed by atoms with Crippen molar-refractivity contribution in [2.75, 3.05) is 6.54 Å². The van der Waals surface area contributed by atoms with Gasteiger partial charge < -0.3 is 9.47 Å². The summed E-state index contributed by atoms with van der Waals surface area (Å²) in [5, 5.41) is 8.86. The number of halogens is 3. The second-order valence-electron chi connectivity index (χ2n) is 5.78. The molecule has 0 saturated carbocycles. The van der Waals surface area contributed by atoms with Gasteiger partial charge in [-0.15, -0.1) is 10.2 Å². The molecule has 132 valence electrons. The lowest BCUT2D eigenvalue weighted by molar-refractivity contribution is 0.0708. The van der Waals surface area contributed by atoms with E-state index in [4.69, 9.17) is 23.2 Å². The summed E-state index contributed by atoms with van der Waals surface area (Å²) in [5.74, 6) is 0.548. The average Bonchev–Trinajstić information content (AvgIpc) is 3.07. The lowest BCUT2D eigenvalue weighted by Gasteiger charge is -2.28. The first-order chi connectivity index (χ1) is 12.5. The highest BCUT2D eigenvalue weighted by Gasteiger charge is 2.27. The second kappa shape index (κ2) is 6.66. The molecule has 0 atom stereocenters. The molecule has 0 fully saturated rings. The highest BCUT2D eigenvalue weighted by atomic mass is 35.5. The third-order valence-corrected chi connectivity index (χ3v) is 5.00. The van der Waals surface area contributed by atoms with Crippen LogP contribution in [0.25, 0.3) is 11.5 Å². The van der Waals surface area contributed by atoms with Crippen molar-refractivity contribution < 1.29 is 9.18 Å². The van der Waals surface area contributed by atoms with E-state index in [0.717, 1.165) is 6.20 Å². The van der Waals surface area contributed by atoms with Gasteiger partial charge in [0.15, 0.2) is 11.6 Å². The predicted molar refractivity (Wildman–Crippen MR) is 94.4 cm³/mol. The molecule has 0 bridgehead atoms. The maximum absolute atomic E-state index is 13.1. The third-order valence-electron chi connectivity index (χ3n) is 4.18. The molecule has 1 amide bonds. The van der Waals surface area contributed by atoms with Gasteiger partial charge in [-0.3, -0.25) is 4.79 Å². The zero-order valence-electron chi connectivity index (χ0n) is 13.4. The normalized spacial score (nSPS) is 13.6. The second-order valence-corrected chi connectivity index (χ2v) is 6.57. The van der Waals surface area contributed by atoms with E-state index < -0.39 is 5.82 Å². The highest BCUT2D eigenvalue weighted by molar-refractivity contribution is 6.43. The van der Waals surface area contributed by atoms with Gasteiger partial charge in [0.25, 0.3) is 5.91 Å². The van der Waals surface area contributed by atoms with E-state index in [1.165, 1.54) is 6.07 Å². The van der Waals surface area contributed by atoms with Crippen LogP contribution in [0.4, 0.5) is 4.39 Å². The molecular formula is C17H12Cl2FN5O. The maximum atomic E-state index is 13.1. The number of fused-ring (bicyclic) bond motifs is 1. The van der Waals surface area contributed by atoms with Crippen LogP contribution in [0.3, 0.4) is 0 Å². The Kier molecular flexibility index (Phi) is 4.34. The van der Waals surface area contributed by atoms with Crippen molar-refractivity contribution in [2.24, 2.45) is 0 Å². The number of rotatable bonds is 2. The number of carbonyl (C=O) groups excluding carboxylic acids is 1. The van der Waals surface area contributed by atoms with E-state index in [1.807, 2.05) is 4.57 Å². The van der Waals surface area contributed by atoms with Crippen molar-refractivity contribution >= 4 is 29.1 Å². The molecular weight excluding hydrogens is 380 g/mol. The molecule has 6 nitrogen and oxygen atoms in total. The molecule has 0 unspecified atom stereocenters. The van der Waals surface area contributed by atoms with Gasteiger partial charge >= 0.3 is 0 Å². The quantitative estimate of drug-likeness (QED) is 0.670. The van der Waals surface area contributed by atoms with Gasteiger partial charge in [0.2, 0.25) is 0 Å². The Balaban J connectivity index is 1.60.